The quantitative estimate of drug-likeness (QED) is 0.608. The van der Waals surface area contributed by atoms with Crippen LogP contribution in [0.2, 0.25) is 0 Å². The molecule has 2 aromatic heterocycles. The van der Waals surface area contributed by atoms with Crippen molar-refractivity contribution in [3.8, 4) is 0 Å². The number of nitrogens with zero attached hydrogens (tertiary/aromatic N) is 5. The summed E-state index contributed by atoms with van der Waals surface area (Å²) in [5, 5.41) is 5.61. The normalized spacial score (nSPS) is 16.5. The number of alkyl halides is 3. The number of carbonyl (C=O) groups is 1. The summed E-state index contributed by atoms with van der Waals surface area (Å²) in [5.41, 5.74) is -0.702. The fourth-order valence-electron chi connectivity index (χ4n) is 3.33. The number of nitrogens with one attached hydrogen (secondary N) is 2. The van der Waals surface area contributed by atoms with Crippen molar-refractivity contribution in [2.45, 2.75) is 32.1 Å². The average molecular weight is 488 g/mol. The summed E-state index contributed by atoms with van der Waals surface area (Å²) < 4.78 is 65.3. The molecule has 1 fully saturated rings. The van der Waals surface area contributed by atoms with Gasteiger partial charge in [0.1, 0.15) is 17.2 Å². The number of pyridine rings is 1. The molecule has 2 aromatic rings. The number of carbonyl (C=O) groups excluding carboxylic acids is 1. The Morgan fingerprint density at radius 1 is 1.33 bits per heavy atom. The Bertz CT molecular complexity index is 1130. The Balaban J connectivity index is 1.84. The van der Waals surface area contributed by atoms with Gasteiger partial charge in [-0.05, 0) is 12.5 Å². The Morgan fingerprint density at radius 2 is 2.06 bits per heavy atom. The van der Waals surface area contributed by atoms with Crippen molar-refractivity contribution in [2.75, 3.05) is 41.3 Å². The summed E-state index contributed by atoms with van der Waals surface area (Å²) in [6, 6.07) is 2.92. The van der Waals surface area contributed by atoms with Crippen LogP contribution in [-0.2, 0) is 27.5 Å². The predicted molar refractivity (Wildman–Crippen MR) is 116 cm³/mol. The lowest BCUT2D eigenvalue weighted by Gasteiger charge is -2.20. The van der Waals surface area contributed by atoms with Gasteiger partial charge in [-0.2, -0.15) is 18.2 Å². The summed E-state index contributed by atoms with van der Waals surface area (Å²) in [6.07, 6.45) is -1.02. The maximum absolute atomic E-state index is 13.5. The van der Waals surface area contributed by atoms with Crippen molar-refractivity contribution in [1.29, 1.82) is 0 Å². The van der Waals surface area contributed by atoms with Crippen molar-refractivity contribution in [1.82, 2.24) is 19.9 Å². The Morgan fingerprint density at radius 3 is 2.67 bits per heavy atom. The molecule has 0 bridgehead atoms. The van der Waals surface area contributed by atoms with Gasteiger partial charge in [0.25, 0.3) is 0 Å². The predicted octanol–water partition coefficient (Wildman–Crippen LogP) is 1.93. The monoisotopic (exact) mass is 487 g/mol. The Kier molecular flexibility index (Phi) is 6.95. The summed E-state index contributed by atoms with van der Waals surface area (Å²) in [4.78, 5) is 25.0. The smallest absolute Gasteiger partial charge is 0.365 e. The van der Waals surface area contributed by atoms with Gasteiger partial charge in [0, 0.05) is 57.6 Å². The van der Waals surface area contributed by atoms with E-state index in [0.717, 1.165) is 10.6 Å². The van der Waals surface area contributed by atoms with Gasteiger partial charge in [0.05, 0.1) is 6.26 Å². The Hall–Kier alpha value is -3.16. The van der Waals surface area contributed by atoms with Crippen molar-refractivity contribution in [3.05, 3.63) is 35.7 Å². The Labute approximate surface area is 189 Å². The van der Waals surface area contributed by atoms with Gasteiger partial charge in [0.15, 0.2) is 0 Å². The van der Waals surface area contributed by atoms with Crippen LogP contribution in [0.4, 0.5) is 30.8 Å². The number of aromatic nitrogens is 3. The minimum atomic E-state index is -4.71. The highest BCUT2D eigenvalue weighted by atomic mass is 32.2. The van der Waals surface area contributed by atoms with E-state index in [0.29, 0.717) is 31.3 Å². The van der Waals surface area contributed by atoms with E-state index in [4.69, 9.17) is 0 Å². The van der Waals surface area contributed by atoms with Gasteiger partial charge < -0.3 is 15.5 Å². The van der Waals surface area contributed by atoms with E-state index in [-0.39, 0.29) is 30.3 Å². The summed E-state index contributed by atoms with van der Waals surface area (Å²) >= 11 is 0. The average Bonchev–Trinajstić information content (AvgIpc) is 3.19. The molecule has 33 heavy (non-hydrogen) atoms. The molecule has 1 saturated heterocycles. The van der Waals surface area contributed by atoms with E-state index in [1.807, 2.05) is 0 Å². The fraction of sp³-hybridized carbons (Fsp3) is 0.474. The first-order valence-corrected chi connectivity index (χ1v) is 11.8. The molecule has 1 atom stereocenters. The van der Waals surface area contributed by atoms with E-state index >= 15 is 0 Å². The third-order valence-corrected chi connectivity index (χ3v) is 6.34. The summed E-state index contributed by atoms with van der Waals surface area (Å²) in [7, 11) is -2.32. The minimum Gasteiger partial charge on any atom is -0.365 e. The van der Waals surface area contributed by atoms with E-state index < -0.39 is 27.6 Å². The number of sulfonamides is 1. The van der Waals surface area contributed by atoms with Crippen LogP contribution in [0.25, 0.3) is 0 Å². The molecule has 0 aliphatic carbocycles. The van der Waals surface area contributed by atoms with E-state index in [1.54, 1.807) is 17.0 Å². The lowest BCUT2D eigenvalue weighted by Crippen LogP contribution is -2.30. The van der Waals surface area contributed by atoms with Crippen molar-refractivity contribution in [3.63, 3.8) is 0 Å². The van der Waals surface area contributed by atoms with Crippen LogP contribution >= 0.6 is 0 Å². The third-order valence-electron chi connectivity index (χ3n) is 5.17. The molecular formula is C19H24F3N7O3S. The maximum Gasteiger partial charge on any atom is 0.421 e. The molecule has 1 amide bonds. The molecule has 10 nitrogen and oxygen atoms in total. The summed E-state index contributed by atoms with van der Waals surface area (Å²) in [6.45, 7) is 2.23. The highest BCUT2D eigenvalue weighted by Crippen LogP contribution is 2.34. The van der Waals surface area contributed by atoms with Gasteiger partial charge in [-0.15, -0.1) is 0 Å². The standard InChI is InChI=1S/C19H24F3N7O3S/c1-12(30)29-8-6-14(11-29)26-18-25-10-15(19(20,21)22)16(27-18)24-9-13-5-4-7-23-17(13)28(2)33(3,31)32/h4-5,7,10,14H,6,8-9,11H2,1-3H3,(H2,24,25,26,27). The van der Waals surface area contributed by atoms with Crippen molar-refractivity contribution < 1.29 is 26.4 Å². The molecule has 0 spiro atoms. The van der Waals surface area contributed by atoms with Gasteiger partial charge in [0.2, 0.25) is 21.9 Å². The third kappa shape index (κ3) is 6.00. The molecule has 3 heterocycles. The fourth-order valence-corrected chi connectivity index (χ4v) is 3.81. The van der Waals surface area contributed by atoms with Gasteiger partial charge in [-0.25, -0.2) is 18.4 Å². The number of halogens is 3. The van der Waals surface area contributed by atoms with Crippen LogP contribution in [0.5, 0.6) is 0 Å². The zero-order chi connectivity index (χ0) is 24.4. The molecule has 14 heteroatoms. The molecule has 0 aromatic carbocycles. The first-order valence-electron chi connectivity index (χ1n) is 9.94. The molecule has 0 saturated carbocycles. The van der Waals surface area contributed by atoms with Crippen LogP contribution in [-0.4, -0.2) is 66.6 Å². The molecular weight excluding hydrogens is 463 g/mol. The lowest BCUT2D eigenvalue weighted by atomic mass is 10.2. The molecule has 3 rings (SSSR count). The minimum absolute atomic E-state index is 0.0134. The molecule has 1 unspecified atom stereocenters. The first-order chi connectivity index (χ1) is 15.4. The summed E-state index contributed by atoms with van der Waals surface area (Å²) in [5.74, 6) is -0.469. The second-order valence-corrected chi connectivity index (χ2v) is 9.63. The second-order valence-electron chi connectivity index (χ2n) is 7.62. The highest BCUT2D eigenvalue weighted by Gasteiger charge is 2.35. The zero-order valence-electron chi connectivity index (χ0n) is 18.2. The molecule has 1 aliphatic heterocycles. The molecule has 180 valence electrons. The largest absolute Gasteiger partial charge is 0.421 e. The van der Waals surface area contributed by atoms with Crippen LogP contribution in [0, 0.1) is 0 Å². The lowest BCUT2D eigenvalue weighted by molar-refractivity contribution is -0.137. The highest BCUT2D eigenvalue weighted by molar-refractivity contribution is 7.92. The number of amides is 1. The second kappa shape index (κ2) is 9.37. The molecule has 0 radical (unpaired) electrons. The molecule has 2 N–H and O–H groups in total. The van der Waals surface area contributed by atoms with Crippen LogP contribution in [0.15, 0.2) is 24.5 Å². The van der Waals surface area contributed by atoms with E-state index in [9.17, 15) is 26.4 Å². The van der Waals surface area contributed by atoms with Crippen molar-refractivity contribution in [2.24, 2.45) is 0 Å². The van der Waals surface area contributed by atoms with Crippen LogP contribution < -0.4 is 14.9 Å². The molecule has 1 aliphatic rings. The number of likely N-dealkylation sites (tertiary alicyclic amines) is 1. The van der Waals surface area contributed by atoms with E-state index in [1.165, 1.54) is 20.2 Å². The van der Waals surface area contributed by atoms with E-state index in [2.05, 4.69) is 25.6 Å². The van der Waals surface area contributed by atoms with Gasteiger partial charge in [-0.3, -0.25) is 9.10 Å². The number of hydrogen-bond acceptors (Lipinski definition) is 8. The SMILES string of the molecule is CC(=O)N1CCC(Nc2ncc(C(F)(F)F)c(NCc3cccnc3N(C)S(C)(=O)=O)n2)C1. The first kappa shape index (κ1) is 24.5. The zero-order valence-corrected chi connectivity index (χ0v) is 19.0. The van der Waals surface area contributed by atoms with Crippen LogP contribution in [0.3, 0.4) is 0 Å². The number of hydrogen-bond donors (Lipinski definition) is 2. The van der Waals surface area contributed by atoms with Crippen molar-refractivity contribution >= 4 is 33.5 Å². The van der Waals surface area contributed by atoms with Crippen LogP contribution in [0.1, 0.15) is 24.5 Å². The number of rotatable bonds is 7. The van der Waals surface area contributed by atoms with Gasteiger partial charge >= 0.3 is 6.18 Å². The maximum atomic E-state index is 13.5. The van der Waals surface area contributed by atoms with Gasteiger partial charge in [-0.1, -0.05) is 6.07 Å². The number of anilines is 3. The topological polar surface area (TPSA) is 120 Å².